The molecule has 0 N–H and O–H groups in total. The Hall–Kier alpha value is -1.90. The number of alkyl halides is 2. The van der Waals surface area contributed by atoms with Gasteiger partial charge in [0.15, 0.2) is 0 Å². The smallest absolute Gasteiger partial charge is 0.255 e. The Morgan fingerprint density at radius 3 is 1.86 bits per heavy atom. The molecule has 0 spiro atoms. The van der Waals surface area contributed by atoms with E-state index >= 15 is 8.78 Å². The molecule has 0 amide bonds. The summed E-state index contributed by atoms with van der Waals surface area (Å²) in [4.78, 5) is 0. The van der Waals surface area contributed by atoms with Gasteiger partial charge in [0.25, 0.3) is 5.92 Å². The second-order valence-corrected chi connectivity index (χ2v) is 11.2. The molecule has 37 heavy (non-hydrogen) atoms. The van der Waals surface area contributed by atoms with E-state index in [0.717, 1.165) is 36.1 Å². The lowest BCUT2D eigenvalue weighted by atomic mass is 9.73. The number of hydrogen-bond acceptors (Lipinski definition) is 1. The predicted molar refractivity (Wildman–Crippen MR) is 153 cm³/mol. The number of halogens is 2. The minimum absolute atomic E-state index is 0.0609. The maximum Gasteiger partial charge on any atom is 0.255 e. The zero-order valence-corrected chi connectivity index (χ0v) is 23.5. The van der Waals surface area contributed by atoms with Gasteiger partial charge in [0.05, 0.1) is 6.61 Å². The maximum absolute atomic E-state index is 15.3. The van der Waals surface area contributed by atoms with E-state index in [9.17, 15) is 0 Å². The van der Waals surface area contributed by atoms with Crippen LogP contribution in [0.3, 0.4) is 0 Å². The fourth-order valence-electron chi connectivity index (χ4n) is 5.78. The highest BCUT2D eigenvalue weighted by Crippen LogP contribution is 2.50. The van der Waals surface area contributed by atoms with Gasteiger partial charge >= 0.3 is 0 Å². The van der Waals surface area contributed by atoms with Gasteiger partial charge < -0.3 is 4.74 Å². The van der Waals surface area contributed by atoms with Crippen LogP contribution in [0.5, 0.6) is 5.75 Å². The van der Waals surface area contributed by atoms with Crippen LogP contribution in [0.1, 0.15) is 139 Å². The fourth-order valence-corrected chi connectivity index (χ4v) is 5.78. The zero-order chi connectivity index (χ0) is 26.3. The van der Waals surface area contributed by atoms with Crippen molar-refractivity contribution >= 4 is 0 Å². The van der Waals surface area contributed by atoms with Crippen molar-refractivity contribution in [3.05, 3.63) is 65.2 Å². The molecule has 0 saturated heterocycles. The summed E-state index contributed by atoms with van der Waals surface area (Å²) in [6.45, 7) is 5.17. The van der Waals surface area contributed by atoms with Crippen LogP contribution < -0.4 is 4.74 Å². The molecule has 206 valence electrons. The Kier molecular flexibility index (Phi) is 12.9. The van der Waals surface area contributed by atoms with E-state index in [-0.39, 0.29) is 12.3 Å². The molecule has 1 fully saturated rings. The van der Waals surface area contributed by atoms with E-state index in [1.54, 1.807) is 0 Å². The molecular formula is C34H50F2O. The second kappa shape index (κ2) is 16.1. The standard InChI is InChI=1S/C34H50F2O/c1-3-5-7-9-11-13-15-28-16-18-29(19-17-28)31-22-25-33(34(35,36)27-31)30-20-23-32(24-21-30)37-26-14-12-10-8-6-4-2/h16-21,23-24,31,33H,3-15,22,25-27H2,1-2H3/t31-,33+/m0/s1. The minimum Gasteiger partial charge on any atom is -0.494 e. The summed E-state index contributed by atoms with van der Waals surface area (Å²) in [5.41, 5.74) is 3.14. The third kappa shape index (κ3) is 10.1. The Labute approximate surface area is 225 Å². The van der Waals surface area contributed by atoms with Crippen LogP contribution >= 0.6 is 0 Å². The average Bonchev–Trinajstić information content (AvgIpc) is 2.90. The van der Waals surface area contributed by atoms with Crippen molar-refractivity contribution < 1.29 is 13.5 Å². The quantitative estimate of drug-likeness (QED) is 0.191. The summed E-state index contributed by atoms with van der Waals surface area (Å²) in [6.07, 6.45) is 17.5. The van der Waals surface area contributed by atoms with Gasteiger partial charge in [0.1, 0.15) is 5.75 Å². The summed E-state index contributed by atoms with van der Waals surface area (Å²) < 4.78 is 36.5. The highest BCUT2D eigenvalue weighted by Gasteiger charge is 2.46. The van der Waals surface area contributed by atoms with Gasteiger partial charge in [-0.2, -0.15) is 0 Å². The predicted octanol–water partition coefficient (Wildman–Crippen LogP) is 11.0. The van der Waals surface area contributed by atoms with E-state index in [4.69, 9.17) is 4.74 Å². The van der Waals surface area contributed by atoms with Crippen molar-refractivity contribution in [1.82, 2.24) is 0 Å². The van der Waals surface area contributed by atoms with Crippen molar-refractivity contribution in [1.29, 1.82) is 0 Å². The third-order valence-electron chi connectivity index (χ3n) is 8.15. The molecule has 0 radical (unpaired) electrons. The first-order valence-corrected chi connectivity index (χ1v) is 15.2. The van der Waals surface area contributed by atoms with E-state index in [1.807, 2.05) is 24.3 Å². The number of rotatable bonds is 17. The Morgan fingerprint density at radius 2 is 1.24 bits per heavy atom. The Balaban J connectivity index is 1.43. The average molecular weight is 513 g/mol. The van der Waals surface area contributed by atoms with Gasteiger partial charge in [-0.05, 0) is 66.8 Å². The van der Waals surface area contributed by atoms with Gasteiger partial charge in [-0.1, -0.05) is 114 Å². The molecule has 0 unspecified atom stereocenters. The summed E-state index contributed by atoms with van der Waals surface area (Å²) in [7, 11) is 0. The van der Waals surface area contributed by atoms with Crippen molar-refractivity contribution in [2.45, 2.75) is 134 Å². The van der Waals surface area contributed by atoms with Crippen molar-refractivity contribution in [2.24, 2.45) is 0 Å². The van der Waals surface area contributed by atoms with Gasteiger partial charge in [0.2, 0.25) is 0 Å². The van der Waals surface area contributed by atoms with Crippen LogP contribution in [0, 0.1) is 0 Å². The molecule has 3 rings (SSSR count). The highest BCUT2D eigenvalue weighted by molar-refractivity contribution is 5.32. The summed E-state index contributed by atoms with van der Waals surface area (Å²) in [5.74, 6) is -2.67. The number of unbranched alkanes of at least 4 members (excludes halogenated alkanes) is 10. The summed E-state index contributed by atoms with van der Waals surface area (Å²) >= 11 is 0. The van der Waals surface area contributed by atoms with Crippen LogP contribution in [0.4, 0.5) is 8.78 Å². The van der Waals surface area contributed by atoms with Crippen LogP contribution in [0.15, 0.2) is 48.5 Å². The van der Waals surface area contributed by atoms with Gasteiger partial charge in [0, 0.05) is 12.3 Å². The maximum atomic E-state index is 15.3. The molecule has 0 aliphatic heterocycles. The minimum atomic E-state index is -2.69. The molecule has 1 aliphatic carbocycles. The van der Waals surface area contributed by atoms with E-state index in [0.29, 0.717) is 13.0 Å². The lowest BCUT2D eigenvalue weighted by Gasteiger charge is -2.36. The topological polar surface area (TPSA) is 9.23 Å². The summed E-state index contributed by atoms with van der Waals surface area (Å²) in [5, 5.41) is 0. The molecule has 1 nitrogen and oxygen atoms in total. The van der Waals surface area contributed by atoms with E-state index in [1.165, 1.54) is 76.2 Å². The molecule has 2 aromatic rings. The first-order chi connectivity index (χ1) is 18.0. The number of benzene rings is 2. The highest BCUT2D eigenvalue weighted by atomic mass is 19.3. The monoisotopic (exact) mass is 512 g/mol. The van der Waals surface area contributed by atoms with Gasteiger partial charge in [-0.3, -0.25) is 0 Å². The molecular weight excluding hydrogens is 462 g/mol. The first kappa shape index (κ1) is 29.7. The van der Waals surface area contributed by atoms with E-state index in [2.05, 4.69) is 38.1 Å². The SMILES string of the molecule is CCCCCCCCOc1ccc([C@H]2CC[C@H](c3ccc(CCCCCCCC)cc3)CC2(F)F)cc1. The Morgan fingerprint density at radius 1 is 0.676 bits per heavy atom. The molecule has 0 aromatic heterocycles. The number of ether oxygens (including phenoxy) is 1. The Bertz CT molecular complexity index is 858. The van der Waals surface area contributed by atoms with Crippen molar-refractivity contribution in [3.63, 3.8) is 0 Å². The van der Waals surface area contributed by atoms with E-state index < -0.39 is 11.8 Å². The molecule has 1 aliphatic rings. The molecule has 1 saturated carbocycles. The first-order valence-electron chi connectivity index (χ1n) is 15.2. The number of hydrogen-bond donors (Lipinski definition) is 0. The second-order valence-electron chi connectivity index (χ2n) is 11.2. The molecule has 2 atom stereocenters. The van der Waals surface area contributed by atoms with Crippen LogP contribution in [-0.2, 0) is 6.42 Å². The van der Waals surface area contributed by atoms with Crippen LogP contribution in [0.2, 0.25) is 0 Å². The largest absolute Gasteiger partial charge is 0.494 e. The summed E-state index contributed by atoms with van der Waals surface area (Å²) in [6, 6.07) is 16.0. The van der Waals surface area contributed by atoms with Gasteiger partial charge in [-0.25, -0.2) is 8.78 Å². The fraction of sp³-hybridized carbons (Fsp3) is 0.647. The lowest BCUT2D eigenvalue weighted by molar-refractivity contribution is -0.0615. The van der Waals surface area contributed by atoms with Crippen LogP contribution in [-0.4, -0.2) is 12.5 Å². The molecule has 0 bridgehead atoms. The van der Waals surface area contributed by atoms with Crippen molar-refractivity contribution in [3.8, 4) is 5.75 Å². The molecule has 0 heterocycles. The number of aryl methyl sites for hydroxylation is 1. The van der Waals surface area contributed by atoms with Gasteiger partial charge in [-0.15, -0.1) is 0 Å². The molecule has 2 aromatic carbocycles. The lowest BCUT2D eigenvalue weighted by Crippen LogP contribution is -2.33. The third-order valence-corrected chi connectivity index (χ3v) is 8.15. The van der Waals surface area contributed by atoms with Crippen LogP contribution in [0.25, 0.3) is 0 Å². The normalized spacial score (nSPS) is 19.1. The zero-order valence-electron chi connectivity index (χ0n) is 23.5. The van der Waals surface area contributed by atoms with Crippen molar-refractivity contribution in [2.75, 3.05) is 6.61 Å². The molecule has 3 heteroatoms.